The Morgan fingerprint density at radius 1 is 1.23 bits per heavy atom. The quantitative estimate of drug-likeness (QED) is 0.337. The van der Waals surface area contributed by atoms with Crippen LogP contribution in [-0.2, 0) is 32.0 Å². The highest BCUT2D eigenvalue weighted by Gasteiger charge is 2.35. The summed E-state index contributed by atoms with van der Waals surface area (Å²) < 4.78 is 5.86. The normalized spacial score (nSPS) is 15.6. The number of aromatic nitrogens is 1. The summed E-state index contributed by atoms with van der Waals surface area (Å²) in [5.74, 6) is 0.266. The van der Waals surface area contributed by atoms with Gasteiger partial charge in [0, 0.05) is 40.0 Å². The van der Waals surface area contributed by atoms with Gasteiger partial charge in [-0.3, -0.25) is 14.4 Å². The number of halogens is 1. The molecule has 0 radical (unpaired) electrons. The molecule has 1 amide bonds. The first-order valence-electron chi connectivity index (χ1n) is 11.7. The summed E-state index contributed by atoms with van der Waals surface area (Å²) in [6.45, 7) is 3.54. The predicted octanol–water partition coefficient (Wildman–Crippen LogP) is 5.91. The molecule has 1 heterocycles. The number of carbonyl (C=O) groups is 3. The van der Waals surface area contributed by atoms with Crippen LogP contribution in [0.1, 0.15) is 47.9 Å². The van der Waals surface area contributed by atoms with Crippen LogP contribution in [0, 0.1) is 12.8 Å². The number of aryl methyl sites for hydroxylation is 3. The minimum absolute atomic E-state index is 0.00307. The van der Waals surface area contributed by atoms with Gasteiger partial charge in [-0.15, -0.1) is 0 Å². The number of carbonyl (C=O) groups excluding carboxylic acids is 3. The Labute approximate surface area is 217 Å². The number of nitrogens with one attached hydrogen (secondary N) is 2. The monoisotopic (exact) mass is 556 g/mol. The average Bonchev–Trinajstić information content (AvgIpc) is 3.37. The molecule has 35 heavy (non-hydrogen) atoms. The van der Waals surface area contributed by atoms with Gasteiger partial charge in [-0.2, -0.15) is 0 Å². The van der Waals surface area contributed by atoms with Crippen molar-refractivity contribution in [2.24, 2.45) is 5.92 Å². The van der Waals surface area contributed by atoms with E-state index in [1.165, 1.54) is 36.9 Å². The molecule has 2 atom stereocenters. The lowest BCUT2D eigenvalue weighted by molar-refractivity contribution is -0.140. The standard InChI is InChI=1S/C27H29BrN2O4S/c1-15-4-7-21-22(10-11-25(32)34-3)26(29-24(21)12-15)30-27(33)23(14-35-16(2)31)20-8-5-17-13-18(28)6-9-19(17)20/h4,6-7,9,12-13,20,23,29H,5,8,10-11,14H2,1-3H3,(H,30,33). The molecular formula is C27H29BrN2O4S. The number of aromatic amines is 1. The number of hydrogen-bond donors (Lipinski definition) is 2. The predicted molar refractivity (Wildman–Crippen MR) is 144 cm³/mol. The molecule has 1 aromatic heterocycles. The van der Waals surface area contributed by atoms with Gasteiger partial charge in [-0.25, -0.2) is 0 Å². The van der Waals surface area contributed by atoms with Crippen molar-refractivity contribution in [3.63, 3.8) is 0 Å². The second kappa shape index (κ2) is 11.0. The second-order valence-corrected chi connectivity index (χ2v) is 11.1. The van der Waals surface area contributed by atoms with E-state index in [4.69, 9.17) is 4.74 Å². The van der Waals surface area contributed by atoms with Crippen LogP contribution in [0.4, 0.5) is 5.82 Å². The highest BCUT2D eigenvalue weighted by Crippen LogP contribution is 2.41. The number of H-pyrrole nitrogens is 1. The van der Waals surface area contributed by atoms with Gasteiger partial charge in [0.2, 0.25) is 5.91 Å². The first-order chi connectivity index (χ1) is 16.8. The Morgan fingerprint density at radius 2 is 2.03 bits per heavy atom. The van der Waals surface area contributed by atoms with Gasteiger partial charge in [0.1, 0.15) is 5.82 Å². The fourth-order valence-corrected chi connectivity index (χ4v) is 6.11. The molecular weight excluding hydrogens is 528 g/mol. The zero-order valence-corrected chi connectivity index (χ0v) is 22.5. The summed E-state index contributed by atoms with van der Waals surface area (Å²) >= 11 is 4.73. The van der Waals surface area contributed by atoms with Gasteiger partial charge in [-0.1, -0.05) is 45.9 Å². The maximum Gasteiger partial charge on any atom is 0.305 e. The molecule has 0 spiro atoms. The number of methoxy groups -OCH3 is 1. The summed E-state index contributed by atoms with van der Waals surface area (Å²) in [6, 6.07) is 12.3. The van der Waals surface area contributed by atoms with Crippen molar-refractivity contribution in [2.75, 3.05) is 18.2 Å². The van der Waals surface area contributed by atoms with Crippen LogP contribution in [0.3, 0.4) is 0 Å². The molecule has 0 saturated heterocycles. The summed E-state index contributed by atoms with van der Waals surface area (Å²) in [4.78, 5) is 40.7. The van der Waals surface area contributed by atoms with E-state index in [1.54, 1.807) is 0 Å². The van der Waals surface area contributed by atoms with Crippen LogP contribution in [0.5, 0.6) is 0 Å². The summed E-state index contributed by atoms with van der Waals surface area (Å²) in [6.07, 6.45) is 2.43. The second-order valence-electron chi connectivity index (χ2n) is 8.99. The third-order valence-electron chi connectivity index (χ3n) is 6.63. The number of esters is 1. The molecule has 1 aliphatic carbocycles. The molecule has 1 aliphatic rings. The minimum Gasteiger partial charge on any atom is -0.469 e. The largest absolute Gasteiger partial charge is 0.469 e. The van der Waals surface area contributed by atoms with E-state index in [9.17, 15) is 14.4 Å². The van der Waals surface area contributed by atoms with E-state index in [0.29, 0.717) is 18.0 Å². The zero-order valence-electron chi connectivity index (χ0n) is 20.1. The molecule has 4 rings (SSSR count). The molecule has 0 aliphatic heterocycles. The van der Waals surface area contributed by atoms with Gasteiger partial charge >= 0.3 is 5.97 Å². The summed E-state index contributed by atoms with van der Waals surface area (Å²) in [5.41, 5.74) is 5.31. The van der Waals surface area contributed by atoms with Crippen molar-refractivity contribution in [1.82, 2.24) is 4.98 Å². The Morgan fingerprint density at radius 3 is 2.77 bits per heavy atom. The first-order valence-corrected chi connectivity index (χ1v) is 13.4. The molecule has 6 nitrogen and oxygen atoms in total. The third kappa shape index (κ3) is 5.81. The number of amides is 1. The van der Waals surface area contributed by atoms with Crippen LogP contribution in [-0.4, -0.2) is 34.8 Å². The van der Waals surface area contributed by atoms with Crippen LogP contribution in [0.25, 0.3) is 10.9 Å². The lowest BCUT2D eigenvalue weighted by Gasteiger charge is -2.23. The number of rotatable bonds is 8. The molecule has 2 N–H and O–H groups in total. The number of anilines is 1. The molecule has 0 bridgehead atoms. The van der Waals surface area contributed by atoms with Crippen molar-refractivity contribution in [2.45, 2.75) is 45.4 Å². The highest BCUT2D eigenvalue weighted by atomic mass is 79.9. The van der Waals surface area contributed by atoms with E-state index >= 15 is 0 Å². The minimum atomic E-state index is -0.368. The number of benzene rings is 2. The molecule has 0 fully saturated rings. The smallest absolute Gasteiger partial charge is 0.305 e. The number of thioether (sulfide) groups is 1. The van der Waals surface area contributed by atoms with Gasteiger partial charge in [0.05, 0.1) is 13.0 Å². The fraction of sp³-hybridized carbons (Fsp3) is 0.370. The summed E-state index contributed by atoms with van der Waals surface area (Å²) in [7, 11) is 1.37. The number of hydrogen-bond acceptors (Lipinski definition) is 5. The highest BCUT2D eigenvalue weighted by molar-refractivity contribution is 9.10. The maximum atomic E-state index is 13.7. The molecule has 8 heteroatoms. The van der Waals surface area contributed by atoms with Crippen molar-refractivity contribution in [1.29, 1.82) is 0 Å². The Hall–Kier alpha value is -2.58. The van der Waals surface area contributed by atoms with Gasteiger partial charge in [0.25, 0.3) is 0 Å². The third-order valence-corrected chi connectivity index (χ3v) is 8.06. The van der Waals surface area contributed by atoms with Gasteiger partial charge < -0.3 is 15.0 Å². The topological polar surface area (TPSA) is 88.3 Å². The molecule has 184 valence electrons. The van der Waals surface area contributed by atoms with E-state index in [1.807, 2.05) is 31.2 Å². The van der Waals surface area contributed by atoms with Crippen molar-refractivity contribution < 1.29 is 19.1 Å². The maximum absolute atomic E-state index is 13.7. The Kier molecular flexibility index (Phi) is 8.02. The molecule has 3 aromatic rings. The number of fused-ring (bicyclic) bond motifs is 2. The van der Waals surface area contributed by atoms with Crippen LogP contribution in [0.15, 0.2) is 40.9 Å². The molecule has 2 aromatic carbocycles. The van der Waals surface area contributed by atoms with E-state index in [-0.39, 0.29) is 35.2 Å². The van der Waals surface area contributed by atoms with E-state index < -0.39 is 0 Å². The molecule has 0 saturated carbocycles. The van der Waals surface area contributed by atoms with E-state index in [0.717, 1.165) is 39.3 Å². The van der Waals surface area contributed by atoms with Gasteiger partial charge in [-0.05, 0) is 67.0 Å². The number of ether oxygens (including phenoxy) is 1. The first kappa shape index (κ1) is 25.5. The van der Waals surface area contributed by atoms with E-state index in [2.05, 4.69) is 38.4 Å². The fourth-order valence-electron chi connectivity index (χ4n) is 4.90. The summed E-state index contributed by atoms with van der Waals surface area (Å²) in [5, 5.41) is 4.09. The van der Waals surface area contributed by atoms with Crippen LogP contribution in [0.2, 0.25) is 0 Å². The zero-order chi connectivity index (χ0) is 25.1. The Balaban J connectivity index is 1.65. The van der Waals surface area contributed by atoms with Crippen LogP contribution >= 0.6 is 27.7 Å². The Bertz CT molecular complexity index is 1290. The lowest BCUT2D eigenvalue weighted by atomic mass is 9.87. The van der Waals surface area contributed by atoms with Crippen molar-refractivity contribution >= 4 is 61.4 Å². The van der Waals surface area contributed by atoms with Gasteiger partial charge in [0.15, 0.2) is 5.12 Å². The lowest BCUT2D eigenvalue weighted by Crippen LogP contribution is -2.30. The van der Waals surface area contributed by atoms with Crippen molar-refractivity contribution in [3.05, 3.63) is 63.1 Å². The molecule has 2 unspecified atom stereocenters. The van der Waals surface area contributed by atoms with Crippen molar-refractivity contribution in [3.8, 4) is 0 Å². The average molecular weight is 558 g/mol. The SMILES string of the molecule is COC(=O)CCc1c(NC(=O)C(CSC(C)=O)C2CCc3cc(Br)ccc32)[nH]c2cc(C)ccc12. The van der Waals surface area contributed by atoms with Crippen LogP contribution < -0.4 is 5.32 Å².